The van der Waals surface area contributed by atoms with Gasteiger partial charge in [-0.25, -0.2) is 0 Å². The van der Waals surface area contributed by atoms with Gasteiger partial charge in [0.25, 0.3) is 5.91 Å². The van der Waals surface area contributed by atoms with E-state index in [0.717, 1.165) is 28.4 Å². The van der Waals surface area contributed by atoms with Crippen LogP contribution in [0.15, 0.2) is 24.3 Å². The molecule has 0 unspecified atom stereocenters. The number of rotatable bonds is 1. The fraction of sp³-hybridized carbons (Fsp3) is 0.286. The zero-order chi connectivity index (χ0) is 13.6. The first kappa shape index (κ1) is 11.8. The highest BCUT2D eigenvalue weighted by Crippen LogP contribution is 2.35. The van der Waals surface area contributed by atoms with Crippen molar-refractivity contribution in [2.24, 2.45) is 7.05 Å². The first-order valence-corrected chi connectivity index (χ1v) is 6.10. The Morgan fingerprint density at radius 2 is 2.05 bits per heavy atom. The summed E-state index contributed by atoms with van der Waals surface area (Å²) in [4.78, 5) is 13.3. The Labute approximate surface area is 111 Å². The summed E-state index contributed by atoms with van der Waals surface area (Å²) >= 11 is 0. The largest absolute Gasteiger partial charge is 0.482 e. The molecule has 0 saturated heterocycles. The van der Waals surface area contributed by atoms with Crippen molar-refractivity contribution in [3.63, 3.8) is 0 Å². The number of aromatic nitrogens is 2. The fourth-order valence-electron chi connectivity index (χ4n) is 2.31. The minimum absolute atomic E-state index is 0.0363. The predicted molar refractivity (Wildman–Crippen MR) is 72.3 cm³/mol. The summed E-state index contributed by atoms with van der Waals surface area (Å²) in [5.41, 5.74) is 3.81. The maximum absolute atomic E-state index is 11.7. The molecule has 0 bridgehead atoms. The second-order valence-electron chi connectivity index (χ2n) is 4.72. The average molecular weight is 257 g/mol. The molecule has 0 spiro atoms. The molecule has 3 rings (SSSR count). The lowest BCUT2D eigenvalue weighted by Gasteiger charge is -2.26. The van der Waals surface area contributed by atoms with E-state index in [4.69, 9.17) is 4.74 Å². The molecule has 98 valence electrons. The Bertz CT molecular complexity index is 661. The first-order valence-electron chi connectivity index (χ1n) is 6.10. The molecule has 1 aromatic heterocycles. The van der Waals surface area contributed by atoms with Gasteiger partial charge in [0.05, 0.1) is 17.1 Å². The van der Waals surface area contributed by atoms with E-state index in [1.54, 1.807) is 11.9 Å². The maximum atomic E-state index is 11.7. The number of hydrogen-bond donors (Lipinski definition) is 0. The van der Waals surface area contributed by atoms with Gasteiger partial charge in [0.15, 0.2) is 6.61 Å². The van der Waals surface area contributed by atoms with E-state index in [0.29, 0.717) is 0 Å². The lowest BCUT2D eigenvalue weighted by Crippen LogP contribution is -2.35. The van der Waals surface area contributed by atoms with Crippen molar-refractivity contribution >= 4 is 11.6 Å². The van der Waals surface area contributed by atoms with Gasteiger partial charge >= 0.3 is 0 Å². The van der Waals surface area contributed by atoms with Crippen molar-refractivity contribution in [3.05, 3.63) is 30.0 Å². The lowest BCUT2D eigenvalue weighted by molar-refractivity contribution is -0.120. The number of nitrogens with zero attached hydrogens (tertiary/aromatic N) is 3. The molecule has 1 aliphatic heterocycles. The van der Waals surface area contributed by atoms with Gasteiger partial charge in [-0.2, -0.15) is 5.10 Å². The molecule has 2 aromatic rings. The van der Waals surface area contributed by atoms with Crippen molar-refractivity contribution in [2.75, 3.05) is 18.6 Å². The van der Waals surface area contributed by atoms with E-state index in [1.807, 2.05) is 42.9 Å². The number of hydrogen-bond acceptors (Lipinski definition) is 3. The molecule has 5 heteroatoms. The van der Waals surface area contributed by atoms with E-state index in [9.17, 15) is 4.79 Å². The monoisotopic (exact) mass is 257 g/mol. The molecule has 0 N–H and O–H groups in total. The fourth-order valence-corrected chi connectivity index (χ4v) is 2.31. The Balaban J connectivity index is 2.11. The van der Waals surface area contributed by atoms with Crippen LogP contribution in [0.5, 0.6) is 5.75 Å². The van der Waals surface area contributed by atoms with Crippen LogP contribution in [0.4, 0.5) is 5.69 Å². The van der Waals surface area contributed by atoms with Gasteiger partial charge in [-0.3, -0.25) is 9.48 Å². The molecule has 0 aliphatic carbocycles. The molecule has 1 aromatic carbocycles. The number of carbonyl (C=O) groups is 1. The normalized spacial score (nSPS) is 14.3. The summed E-state index contributed by atoms with van der Waals surface area (Å²) in [5, 5.41) is 4.34. The van der Waals surface area contributed by atoms with Crippen molar-refractivity contribution in [1.29, 1.82) is 0 Å². The van der Waals surface area contributed by atoms with Crippen molar-refractivity contribution in [1.82, 2.24) is 9.78 Å². The van der Waals surface area contributed by atoms with Crippen molar-refractivity contribution in [2.45, 2.75) is 6.92 Å². The van der Waals surface area contributed by atoms with Gasteiger partial charge in [-0.15, -0.1) is 0 Å². The number of benzene rings is 1. The number of aryl methyl sites for hydroxylation is 2. The van der Waals surface area contributed by atoms with Crippen LogP contribution in [0.1, 0.15) is 5.69 Å². The van der Waals surface area contributed by atoms with E-state index >= 15 is 0 Å². The number of anilines is 1. The number of carbonyl (C=O) groups excluding carboxylic acids is 1. The molecule has 2 heterocycles. The lowest BCUT2D eigenvalue weighted by atomic mass is 10.1. The zero-order valence-corrected chi connectivity index (χ0v) is 11.2. The van der Waals surface area contributed by atoms with Crippen LogP contribution in [0.25, 0.3) is 11.3 Å². The number of amides is 1. The first-order chi connectivity index (χ1) is 9.06. The zero-order valence-electron chi connectivity index (χ0n) is 11.2. The third-order valence-electron chi connectivity index (χ3n) is 3.34. The van der Waals surface area contributed by atoms with Crippen LogP contribution in [0.2, 0.25) is 0 Å². The Morgan fingerprint density at radius 1 is 1.26 bits per heavy atom. The summed E-state index contributed by atoms with van der Waals surface area (Å²) in [6.45, 7) is 2.06. The summed E-state index contributed by atoms with van der Waals surface area (Å²) < 4.78 is 7.25. The van der Waals surface area contributed by atoms with Crippen molar-refractivity contribution < 1.29 is 9.53 Å². The quantitative estimate of drug-likeness (QED) is 0.782. The molecule has 19 heavy (non-hydrogen) atoms. The summed E-state index contributed by atoms with van der Waals surface area (Å²) in [5.74, 6) is 0.704. The number of likely N-dealkylation sites (N-methyl/N-ethyl adjacent to an activating group) is 1. The van der Waals surface area contributed by atoms with Crippen LogP contribution in [0.3, 0.4) is 0 Å². The van der Waals surface area contributed by atoms with Gasteiger partial charge in [0, 0.05) is 19.7 Å². The van der Waals surface area contributed by atoms with Gasteiger partial charge < -0.3 is 9.64 Å². The molecule has 0 atom stereocenters. The smallest absolute Gasteiger partial charge is 0.264 e. The second-order valence-corrected chi connectivity index (χ2v) is 4.72. The molecule has 0 saturated carbocycles. The van der Waals surface area contributed by atoms with Gasteiger partial charge in [-0.1, -0.05) is 0 Å². The van der Waals surface area contributed by atoms with E-state index in [-0.39, 0.29) is 12.5 Å². The summed E-state index contributed by atoms with van der Waals surface area (Å²) in [6.07, 6.45) is 0. The average Bonchev–Trinajstić information content (AvgIpc) is 2.73. The Hall–Kier alpha value is -2.30. The van der Waals surface area contributed by atoms with E-state index in [1.165, 1.54) is 0 Å². The molecule has 5 nitrogen and oxygen atoms in total. The topological polar surface area (TPSA) is 47.4 Å². The molecule has 0 fully saturated rings. The highest BCUT2D eigenvalue weighted by Gasteiger charge is 2.22. The maximum Gasteiger partial charge on any atom is 0.264 e. The van der Waals surface area contributed by atoms with Gasteiger partial charge in [0.1, 0.15) is 5.75 Å². The van der Waals surface area contributed by atoms with Crippen LogP contribution in [0, 0.1) is 6.92 Å². The van der Waals surface area contributed by atoms with E-state index < -0.39 is 0 Å². The minimum atomic E-state index is -0.0363. The molecule has 0 radical (unpaired) electrons. The Morgan fingerprint density at radius 3 is 2.74 bits per heavy atom. The third kappa shape index (κ3) is 1.87. The third-order valence-corrected chi connectivity index (χ3v) is 3.34. The molecular weight excluding hydrogens is 242 g/mol. The van der Waals surface area contributed by atoms with Gasteiger partial charge in [0.2, 0.25) is 0 Å². The molecule has 1 aliphatic rings. The number of ether oxygens (including phenoxy) is 1. The second kappa shape index (κ2) is 4.12. The highest BCUT2D eigenvalue weighted by molar-refractivity contribution is 5.98. The van der Waals surface area contributed by atoms with E-state index in [2.05, 4.69) is 5.10 Å². The van der Waals surface area contributed by atoms with Gasteiger partial charge in [-0.05, 0) is 31.2 Å². The number of fused-ring (bicyclic) bond motifs is 1. The van der Waals surface area contributed by atoms with Crippen molar-refractivity contribution in [3.8, 4) is 17.0 Å². The molecule has 1 amide bonds. The standard InChI is InChI=1S/C14H15N3O2/c1-9-6-11(17(3)15-9)10-4-5-13-12(7-10)16(2)14(18)8-19-13/h4-7H,8H2,1-3H3. The highest BCUT2D eigenvalue weighted by atomic mass is 16.5. The summed E-state index contributed by atoms with van der Waals surface area (Å²) in [6, 6.07) is 7.87. The predicted octanol–water partition coefficient (Wildman–Crippen LogP) is 1.75. The minimum Gasteiger partial charge on any atom is -0.482 e. The molecular formula is C14H15N3O2. The SMILES string of the molecule is Cc1cc(-c2ccc3c(c2)N(C)C(=O)CO3)n(C)n1. The van der Waals surface area contributed by atoms with Crippen LogP contribution in [-0.2, 0) is 11.8 Å². The van der Waals surface area contributed by atoms with Crippen LogP contribution < -0.4 is 9.64 Å². The summed E-state index contributed by atoms with van der Waals surface area (Å²) in [7, 11) is 3.68. The van der Waals surface area contributed by atoms with Crippen LogP contribution >= 0.6 is 0 Å². The Kier molecular flexibility index (Phi) is 2.55. The van der Waals surface area contributed by atoms with Crippen LogP contribution in [-0.4, -0.2) is 29.3 Å².